The quantitative estimate of drug-likeness (QED) is 0.857. The van der Waals surface area contributed by atoms with Crippen LogP contribution in [0, 0.1) is 0 Å². The molecule has 1 aliphatic heterocycles. The minimum Gasteiger partial charge on any atom is -0.548 e. The van der Waals surface area contributed by atoms with Gasteiger partial charge in [0.05, 0.1) is 5.97 Å². The fourth-order valence-electron chi connectivity index (χ4n) is 2.90. The summed E-state index contributed by atoms with van der Waals surface area (Å²) in [7, 11) is 0. The summed E-state index contributed by atoms with van der Waals surface area (Å²) in [5.41, 5.74) is 2.12. The normalized spacial score (nSPS) is 17.6. The molecule has 0 saturated heterocycles. The molecule has 1 aromatic carbocycles. The average Bonchev–Trinajstić information content (AvgIpc) is 2.44. The number of carboxylic acid groups (broad SMARTS) is 1. The average molecular weight is 318 g/mol. The Balaban J connectivity index is 2.32. The molecule has 1 atom stereocenters. The Bertz CT molecular complexity index is 604. The number of amides is 1. The van der Waals surface area contributed by atoms with Crippen molar-refractivity contribution >= 4 is 12.1 Å². The van der Waals surface area contributed by atoms with E-state index in [2.05, 4.69) is 6.92 Å². The maximum absolute atomic E-state index is 12.3. The number of ether oxygens (including phenoxy) is 1. The van der Waals surface area contributed by atoms with Crippen molar-refractivity contribution in [2.24, 2.45) is 0 Å². The number of aliphatic carboxylic acids is 1. The van der Waals surface area contributed by atoms with Gasteiger partial charge in [0.15, 0.2) is 0 Å². The van der Waals surface area contributed by atoms with E-state index in [1.54, 1.807) is 26.8 Å². The Kier molecular flexibility index (Phi) is 4.97. The van der Waals surface area contributed by atoms with E-state index >= 15 is 0 Å². The van der Waals surface area contributed by atoms with E-state index in [1.165, 1.54) is 10.5 Å². The van der Waals surface area contributed by atoms with Crippen LogP contribution >= 0.6 is 0 Å². The topological polar surface area (TPSA) is 69.7 Å². The Morgan fingerprint density at radius 2 is 2.04 bits per heavy atom. The van der Waals surface area contributed by atoms with E-state index in [9.17, 15) is 14.7 Å². The predicted molar refractivity (Wildman–Crippen MR) is 84.8 cm³/mol. The van der Waals surface area contributed by atoms with Crippen LogP contribution in [0.3, 0.4) is 0 Å². The van der Waals surface area contributed by atoms with Gasteiger partial charge in [-0.3, -0.25) is 4.90 Å². The zero-order chi connectivity index (χ0) is 17.2. The molecule has 0 spiro atoms. The van der Waals surface area contributed by atoms with Crippen molar-refractivity contribution in [3.8, 4) is 0 Å². The van der Waals surface area contributed by atoms with Crippen LogP contribution in [0.2, 0.25) is 0 Å². The Hall–Kier alpha value is -2.04. The van der Waals surface area contributed by atoms with E-state index < -0.39 is 23.7 Å². The third-order valence-corrected chi connectivity index (χ3v) is 3.83. The molecule has 1 heterocycles. The summed E-state index contributed by atoms with van der Waals surface area (Å²) in [5, 5.41) is 11.6. The number of carbonyl (C=O) groups is 2. The second-order valence-electron chi connectivity index (χ2n) is 6.93. The maximum atomic E-state index is 12.3. The second-order valence-corrected chi connectivity index (χ2v) is 6.93. The van der Waals surface area contributed by atoms with Crippen LogP contribution in [-0.4, -0.2) is 29.1 Å². The minimum atomic E-state index is -1.28. The zero-order valence-electron chi connectivity index (χ0n) is 14.2. The van der Waals surface area contributed by atoms with Gasteiger partial charge in [0.25, 0.3) is 0 Å². The number of carbonyl (C=O) groups excluding carboxylic acids is 2. The lowest BCUT2D eigenvalue weighted by Gasteiger charge is -2.38. The van der Waals surface area contributed by atoms with E-state index in [-0.39, 0.29) is 0 Å². The lowest BCUT2D eigenvalue weighted by molar-refractivity contribution is -0.312. The van der Waals surface area contributed by atoms with Crippen LogP contribution in [0.4, 0.5) is 4.79 Å². The summed E-state index contributed by atoms with van der Waals surface area (Å²) >= 11 is 0. The highest BCUT2D eigenvalue weighted by molar-refractivity contribution is 5.81. The number of hydrogen-bond acceptors (Lipinski definition) is 4. The summed E-state index contributed by atoms with van der Waals surface area (Å²) in [6.45, 7) is 7.69. The van der Waals surface area contributed by atoms with Gasteiger partial charge in [0.1, 0.15) is 11.6 Å². The number of aryl methyl sites for hydroxylation is 1. The number of benzene rings is 1. The van der Waals surface area contributed by atoms with Crippen molar-refractivity contribution in [3.05, 3.63) is 34.9 Å². The van der Waals surface area contributed by atoms with E-state index in [0.29, 0.717) is 18.5 Å². The largest absolute Gasteiger partial charge is 0.548 e. The molecule has 0 fully saturated rings. The molecule has 0 aromatic heterocycles. The molecule has 0 aliphatic carbocycles. The van der Waals surface area contributed by atoms with Gasteiger partial charge in [-0.15, -0.1) is 0 Å². The van der Waals surface area contributed by atoms with Crippen LogP contribution in [0.5, 0.6) is 0 Å². The molecule has 0 bridgehead atoms. The molecule has 1 aliphatic rings. The molecule has 126 valence electrons. The van der Waals surface area contributed by atoms with E-state index in [4.69, 9.17) is 4.74 Å². The summed E-state index contributed by atoms with van der Waals surface area (Å²) in [5.74, 6) is -1.28. The monoisotopic (exact) mass is 318 g/mol. The summed E-state index contributed by atoms with van der Waals surface area (Å²) in [6.07, 6.45) is 2.00. The SMILES string of the molecule is CCCc1ccc2c(c1)CCN(C(=O)OC(C)(C)C)C2C(=O)[O-]. The van der Waals surface area contributed by atoms with Crippen molar-refractivity contribution < 1.29 is 19.4 Å². The molecule has 1 unspecified atom stereocenters. The summed E-state index contributed by atoms with van der Waals surface area (Å²) in [6, 6.07) is 4.68. The van der Waals surface area contributed by atoms with Gasteiger partial charge in [-0.2, -0.15) is 0 Å². The van der Waals surface area contributed by atoms with E-state index in [1.807, 2.05) is 12.1 Å². The van der Waals surface area contributed by atoms with Gasteiger partial charge in [0.2, 0.25) is 0 Å². The predicted octanol–water partition coefficient (Wildman–Crippen LogP) is 2.22. The first kappa shape index (κ1) is 17.3. The highest BCUT2D eigenvalue weighted by Crippen LogP contribution is 2.31. The first-order chi connectivity index (χ1) is 10.7. The number of rotatable bonds is 3. The van der Waals surface area contributed by atoms with Crippen molar-refractivity contribution in [3.63, 3.8) is 0 Å². The maximum Gasteiger partial charge on any atom is 0.411 e. The number of nitrogens with zero attached hydrogens (tertiary/aromatic N) is 1. The number of hydrogen-bond donors (Lipinski definition) is 0. The molecular formula is C18H24NO4-. The minimum absolute atomic E-state index is 0.316. The van der Waals surface area contributed by atoms with Crippen LogP contribution in [0.25, 0.3) is 0 Å². The molecule has 0 saturated carbocycles. The lowest BCUT2D eigenvalue weighted by atomic mass is 9.90. The van der Waals surface area contributed by atoms with E-state index in [0.717, 1.165) is 18.4 Å². The number of carboxylic acids is 1. The van der Waals surface area contributed by atoms with Crippen LogP contribution in [-0.2, 0) is 22.4 Å². The smallest absolute Gasteiger partial charge is 0.411 e. The zero-order valence-corrected chi connectivity index (χ0v) is 14.2. The highest BCUT2D eigenvalue weighted by atomic mass is 16.6. The van der Waals surface area contributed by atoms with Gasteiger partial charge in [-0.05, 0) is 50.3 Å². The van der Waals surface area contributed by atoms with Crippen LogP contribution in [0.15, 0.2) is 18.2 Å². The van der Waals surface area contributed by atoms with Gasteiger partial charge < -0.3 is 14.6 Å². The molecule has 0 N–H and O–H groups in total. The molecule has 2 rings (SSSR count). The van der Waals surface area contributed by atoms with Crippen LogP contribution < -0.4 is 5.11 Å². The molecular weight excluding hydrogens is 294 g/mol. The third kappa shape index (κ3) is 4.03. The lowest BCUT2D eigenvalue weighted by Crippen LogP contribution is -2.49. The highest BCUT2D eigenvalue weighted by Gasteiger charge is 2.34. The van der Waals surface area contributed by atoms with Crippen LogP contribution in [0.1, 0.15) is 56.8 Å². The van der Waals surface area contributed by atoms with Gasteiger partial charge in [-0.25, -0.2) is 4.79 Å². The van der Waals surface area contributed by atoms with Crippen molar-refractivity contribution in [1.82, 2.24) is 4.90 Å². The van der Waals surface area contributed by atoms with Gasteiger partial charge in [0, 0.05) is 6.54 Å². The standard InChI is InChI=1S/C18H25NO4/c1-5-6-12-7-8-14-13(11-12)9-10-19(15(14)16(20)21)17(22)23-18(2,3)4/h7-8,11,15H,5-6,9-10H2,1-4H3,(H,20,21)/p-1. The van der Waals surface area contributed by atoms with Crippen molar-refractivity contribution in [2.45, 2.75) is 58.6 Å². The molecule has 5 nitrogen and oxygen atoms in total. The number of fused-ring (bicyclic) bond motifs is 1. The molecule has 1 amide bonds. The fourth-order valence-corrected chi connectivity index (χ4v) is 2.90. The fraction of sp³-hybridized carbons (Fsp3) is 0.556. The Labute approximate surface area is 137 Å². The van der Waals surface area contributed by atoms with Crippen molar-refractivity contribution in [2.75, 3.05) is 6.54 Å². The second kappa shape index (κ2) is 6.60. The molecule has 0 radical (unpaired) electrons. The first-order valence-electron chi connectivity index (χ1n) is 8.05. The van der Waals surface area contributed by atoms with Gasteiger partial charge >= 0.3 is 6.09 Å². The first-order valence-corrected chi connectivity index (χ1v) is 8.05. The summed E-state index contributed by atoms with van der Waals surface area (Å²) < 4.78 is 5.33. The summed E-state index contributed by atoms with van der Waals surface area (Å²) in [4.78, 5) is 25.2. The third-order valence-electron chi connectivity index (χ3n) is 3.83. The molecule has 23 heavy (non-hydrogen) atoms. The Morgan fingerprint density at radius 3 is 2.61 bits per heavy atom. The molecule has 1 aromatic rings. The van der Waals surface area contributed by atoms with Crippen molar-refractivity contribution in [1.29, 1.82) is 0 Å². The van der Waals surface area contributed by atoms with Gasteiger partial charge in [-0.1, -0.05) is 31.5 Å². The molecule has 5 heteroatoms. The Morgan fingerprint density at radius 1 is 1.35 bits per heavy atom.